The topological polar surface area (TPSA) is 88.5 Å². The molecular weight excluding hydrogens is 346 g/mol. The van der Waals surface area contributed by atoms with Crippen molar-refractivity contribution in [2.75, 3.05) is 0 Å². The molecule has 0 bridgehead atoms. The summed E-state index contributed by atoms with van der Waals surface area (Å²) in [6, 6.07) is 9.41. The maximum atomic E-state index is 9.26. The molecule has 0 saturated heterocycles. The van der Waals surface area contributed by atoms with Crippen molar-refractivity contribution >= 4 is 23.4 Å². The molecule has 2 heterocycles. The fourth-order valence-electron chi connectivity index (χ4n) is 2.10. The van der Waals surface area contributed by atoms with E-state index in [1.165, 1.54) is 11.8 Å². The zero-order valence-corrected chi connectivity index (χ0v) is 14.5. The van der Waals surface area contributed by atoms with Crippen molar-refractivity contribution in [1.29, 1.82) is 5.26 Å². The van der Waals surface area contributed by atoms with Crippen LogP contribution in [0.1, 0.15) is 22.9 Å². The molecule has 0 amide bonds. The van der Waals surface area contributed by atoms with E-state index in [1.54, 1.807) is 19.9 Å². The number of hydrogen-bond donors (Lipinski definition) is 0. The Balaban J connectivity index is 1.80. The summed E-state index contributed by atoms with van der Waals surface area (Å²) in [6.07, 6.45) is 0. The summed E-state index contributed by atoms with van der Waals surface area (Å²) in [5.41, 5.74) is 1.83. The van der Waals surface area contributed by atoms with E-state index in [9.17, 15) is 5.26 Å². The summed E-state index contributed by atoms with van der Waals surface area (Å²) >= 11 is 7.50. The van der Waals surface area contributed by atoms with Gasteiger partial charge in [0.1, 0.15) is 22.5 Å². The molecule has 8 heteroatoms. The largest absolute Gasteiger partial charge is 0.334 e. The summed E-state index contributed by atoms with van der Waals surface area (Å²) in [5, 5.41) is 14.4. The van der Waals surface area contributed by atoms with Crippen LogP contribution in [0, 0.1) is 25.2 Å². The Labute approximate surface area is 147 Å². The molecule has 0 aliphatic heterocycles. The molecule has 2 aromatic heterocycles. The number of benzene rings is 1. The lowest BCUT2D eigenvalue weighted by Gasteiger charge is -2.04. The lowest BCUT2D eigenvalue weighted by atomic mass is 10.2. The van der Waals surface area contributed by atoms with E-state index in [2.05, 4.69) is 26.2 Å². The maximum absolute atomic E-state index is 9.26. The second kappa shape index (κ2) is 6.99. The Bertz CT molecular complexity index is 934. The first-order valence-electron chi connectivity index (χ1n) is 7.04. The lowest BCUT2D eigenvalue weighted by Crippen LogP contribution is -1.99. The maximum Gasteiger partial charge on any atom is 0.259 e. The van der Waals surface area contributed by atoms with Gasteiger partial charge in [0.2, 0.25) is 0 Å². The molecule has 0 atom stereocenters. The molecule has 0 spiro atoms. The Kier molecular flexibility index (Phi) is 4.79. The number of aryl methyl sites for hydroxylation is 2. The van der Waals surface area contributed by atoms with Crippen molar-refractivity contribution in [2.45, 2.75) is 24.6 Å². The van der Waals surface area contributed by atoms with E-state index < -0.39 is 0 Å². The minimum Gasteiger partial charge on any atom is -0.334 e. The zero-order chi connectivity index (χ0) is 17.1. The van der Waals surface area contributed by atoms with Gasteiger partial charge in [-0.15, -0.1) is 0 Å². The average molecular weight is 358 g/mol. The molecular formula is C16H12ClN5OS. The van der Waals surface area contributed by atoms with Gasteiger partial charge in [-0.1, -0.05) is 40.7 Å². The predicted molar refractivity (Wildman–Crippen MR) is 90.5 cm³/mol. The molecule has 0 N–H and O–H groups in total. The third-order valence-corrected chi connectivity index (χ3v) is 4.49. The van der Waals surface area contributed by atoms with Crippen LogP contribution in [0.5, 0.6) is 0 Å². The summed E-state index contributed by atoms with van der Waals surface area (Å²) < 4.78 is 5.27. The molecule has 6 nitrogen and oxygen atoms in total. The number of rotatable bonds is 4. The van der Waals surface area contributed by atoms with E-state index in [-0.39, 0.29) is 0 Å². The molecule has 24 heavy (non-hydrogen) atoms. The van der Waals surface area contributed by atoms with Gasteiger partial charge in [0, 0.05) is 0 Å². The van der Waals surface area contributed by atoms with Crippen LogP contribution in [-0.4, -0.2) is 20.1 Å². The van der Waals surface area contributed by atoms with Crippen molar-refractivity contribution in [3.8, 4) is 17.5 Å². The van der Waals surface area contributed by atoms with E-state index in [4.69, 9.17) is 16.1 Å². The number of nitriles is 1. The van der Waals surface area contributed by atoms with Gasteiger partial charge < -0.3 is 4.52 Å². The summed E-state index contributed by atoms with van der Waals surface area (Å²) in [4.78, 5) is 12.9. The zero-order valence-electron chi connectivity index (χ0n) is 12.9. The monoisotopic (exact) mass is 357 g/mol. The molecule has 0 saturated carbocycles. The van der Waals surface area contributed by atoms with Crippen LogP contribution >= 0.6 is 23.4 Å². The lowest BCUT2D eigenvalue weighted by molar-refractivity contribution is 0.425. The van der Waals surface area contributed by atoms with E-state index in [1.807, 2.05) is 18.2 Å². The minimum absolute atomic E-state index is 0.367. The third kappa shape index (κ3) is 3.40. The quantitative estimate of drug-likeness (QED) is 0.515. The van der Waals surface area contributed by atoms with E-state index in [0.29, 0.717) is 50.2 Å². The van der Waals surface area contributed by atoms with Crippen LogP contribution in [-0.2, 0) is 5.75 Å². The number of halogens is 1. The number of aromatic nitrogens is 4. The molecule has 120 valence electrons. The van der Waals surface area contributed by atoms with Gasteiger partial charge in [-0.25, -0.2) is 9.97 Å². The Morgan fingerprint density at radius 3 is 2.75 bits per heavy atom. The molecule has 0 aliphatic rings. The highest BCUT2D eigenvalue weighted by molar-refractivity contribution is 7.98. The minimum atomic E-state index is 0.367. The van der Waals surface area contributed by atoms with Crippen LogP contribution in [0.25, 0.3) is 11.5 Å². The molecule has 3 aromatic rings. The highest BCUT2D eigenvalue weighted by atomic mass is 35.5. The fraction of sp³-hybridized carbons (Fsp3) is 0.188. The second-order valence-corrected chi connectivity index (χ2v) is 6.30. The van der Waals surface area contributed by atoms with Gasteiger partial charge >= 0.3 is 0 Å². The summed E-state index contributed by atoms with van der Waals surface area (Å²) in [5.74, 6) is 1.93. The van der Waals surface area contributed by atoms with Crippen molar-refractivity contribution in [1.82, 2.24) is 20.1 Å². The first kappa shape index (κ1) is 16.4. The van der Waals surface area contributed by atoms with Crippen molar-refractivity contribution in [3.63, 3.8) is 0 Å². The molecule has 0 aliphatic carbocycles. The SMILES string of the molecule is Cc1nc(C)c(C#N)c(SCc2noc(-c3ccccc3Cl)n2)n1. The van der Waals surface area contributed by atoms with Gasteiger partial charge in [0.05, 0.1) is 22.0 Å². The first-order chi connectivity index (χ1) is 11.6. The highest BCUT2D eigenvalue weighted by Crippen LogP contribution is 2.28. The van der Waals surface area contributed by atoms with Gasteiger partial charge in [-0.05, 0) is 26.0 Å². The van der Waals surface area contributed by atoms with Crippen LogP contribution in [0.4, 0.5) is 0 Å². The number of nitrogens with zero attached hydrogens (tertiary/aromatic N) is 5. The third-order valence-electron chi connectivity index (χ3n) is 3.19. The second-order valence-electron chi connectivity index (χ2n) is 4.93. The van der Waals surface area contributed by atoms with Crippen LogP contribution in [0.2, 0.25) is 5.02 Å². The number of thioether (sulfide) groups is 1. The molecule has 0 fully saturated rings. The fourth-order valence-corrected chi connectivity index (χ4v) is 3.24. The van der Waals surface area contributed by atoms with Crippen molar-refractivity contribution in [3.05, 3.63) is 52.2 Å². The molecule has 0 unspecified atom stereocenters. The van der Waals surface area contributed by atoms with Crippen molar-refractivity contribution in [2.24, 2.45) is 0 Å². The Morgan fingerprint density at radius 2 is 2.00 bits per heavy atom. The first-order valence-corrected chi connectivity index (χ1v) is 8.40. The average Bonchev–Trinajstić information content (AvgIpc) is 3.01. The summed E-state index contributed by atoms with van der Waals surface area (Å²) in [7, 11) is 0. The highest BCUT2D eigenvalue weighted by Gasteiger charge is 2.15. The smallest absolute Gasteiger partial charge is 0.259 e. The summed E-state index contributed by atoms with van der Waals surface area (Å²) in [6.45, 7) is 3.59. The van der Waals surface area contributed by atoms with Crippen LogP contribution < -0.4 is 0 Å². The molecule has 1 aromatic carbocycles. The van der Waals surface area contributed by atoms with Crippen LogP contribution in [0.15, 0.2) is 33.8 Å². The van der Waals surface area contributed by atoms with Gasteiger partial charge in [0.15, 0.2) is 5.82 Å². The van der Waals surface area contributed by atoms with Gasteiger partial charge in [-0.3, -0.25) is 0 Å². The predicted octanol–water partition coefficient (Wildman–Crippen LogP) is 3.96. The Morgan fingerprint density at radius 1 is 1.21 bits per heavy atom. The Hall–Kier alpha value is -2.43. The van der Waals surface area contributed by atoms with Gasteiger partial charge in [0.25, 0.3) is 5.89 Å². The van der Waals surface area contributed by atoms with Crippen LogP contribution in [0.3, 0.4) is 0 Å². The van der Waals surface area contributed by atoms with Crippen molar-refractivity contribution < 1.29 is 4.52 Å². The van der Waals surface area contributed by atoms with E-state index in [0.717, 1.165) is 0 Å². The molecule has 0 radical (unpaired) electrons. The number of hydrogen-bond acceptors (Lipinski definition) is 7. The van der Waals surface area contributed by atoms with E-state index >= 15 is 0 Å². The standard InChI is InChI=1S/C16H12ClN5OS/c1-9-12(7-18)16(20-10(2)19-9)24-8-14-21-15(23-22-14)11-5-3-4-6-13(11)17/h3-6H,8H2,1-2H3. The van der Waals surface area contributed by atoms with Gasteiger partial charge in [-0.2, -0.15) is 10.2 Å². The normalized spacial score (nSPS) is 10.6. The molecule has 3 rings (SSSR count).